The zero-order valence-electron chi connectivity index (χ0n) is 11.8. The molecule has 2 aromatic heterocycles. The van der Waals surface area contributed by atoms with E-state index >= 15 is 0 Å². The maximum absolute atomic E-state index is 12.1. The summed E-state index contributed by atoms with van der Waals surface area (Å²) in [6.45, 7) is 2.35. The third-order valence-corrected chi connectivity index (χ3v) is 3.05. The first-order valence-electron chi connectivity index (χ1n) is 6.40. The van der Waals surface area contributed by atoms with E-state index in [0.717, 1.165) is 4.57 Å². The lowest BCUT2D eigenvalue weighted by Crippen LogP contribution is -2.39. The molecule has 0 aliphatic carbocycles. The van der Waals surface area contributed by atoms with Crippen LogP contribution in [0, 0.1) is 0 Å². The van der Waals surface area contributed by atoms with Crippen LogP contribution in [0.15, 0.2) is 40.2 Å². The Bertz CT molecular complexity index is 759. The smallest absolute Gasteiger partial charge is 0.339 e. The first-order valence-corrected chi connectivity index (χ1v) is 6.40. The van der Waals surface area contributed by atoms with Crippen molar-refractivity contribution in [1.29, 1.82) is 0 Å². The van der Waals surface area contributed by atoms with E-state index in [1.54, 1.807) is 12.1 Å². The van der Waals surface area contributed by atoms with Gasteiger partial charge in [0.05, 0.1) is 24.9 Å². The summed E-state index contributed by atoms with van der Waals surface area (Å²) in [6.07, 6.45) is 2.82. The second-order valence-corrected chi connectivity index (χ2v) is 4.34. The second-order valence-electron chi connectivity index (χ2n) is 4.34. The number of aromatic nitrogens is 3. The first-order chi connectivity index (χ1) is 10.1. The van der Waals surface area contributed by atoms with Gasteiger partial charge in [-0.25, -0.2) is 9.59 Å². The summed E-state index contributed by atoms with van der Waals surface area (Å²) in [5.74, 6) is -0.487. The van der Waals surface area contributed by atoms with E-state index in [9.17, 15) is 14.4 Å². The van der Waals surface area contributed by atoms with E-state index in [4.69, 9.17) is 0 Å². The highest BCUT2D eigenvalue weighted by Gasteiger charge is 2.08. The Hall–Kier alpha value is -2.70. The van der Waals surface area contributed by atoms with Crippen LogP contribution in [0.3, 0.4) is 0 Å². The molecule has 7 heteroatoms. The monoisotopic (exact) mass is 289 g/mol. The van der Waals surface area contributed by atoms with Gasteiger partial charge < -0.3 is 9.30 Å². The van der Waals surface area contributed by atoms with Gasteiger partial charge in [0.25, 0.3) is 5.56 Å². The summed E-state index contributed by atoms with van der Waals surface area (Å²) in [5, 5.41) is 0. The maximum Gasteiger partial charge on any atom is 0.339 e. The highest BCUT2D eigenvalue weighted by Crippen LogP contribution is 2.02. The lowest BCUT2D eigenvalue weighted by molar-refractivity contribution is 0.0600. The molecule has 0 radical (unpaired) electrons. The lowest BCUT2D eigenvalue weighted by Gasteiger charge is -2.08. The van der Waals surface area contributed by atoms with Gasteiger partial charge in [-0.2, -0.15) is 0 Å². The number of hydrogen-bond donors (Lipinski definition) is 0. The Morgan fingerprint density at radius 1 is 1.29 bits per heavy atom. The quantitative estimate of drug-likeness (QED) is 0.754. The summed E-state index contributed by atoms with van der Waals surface area (Å²) < 4.78 is 7.11. The topological polar surface area (TPSA) is 83.2 Å². The minimum Gasteiger partial charge on any atom is -0.465 e. The van der Waals surface area contributed by atoms with Crippen molar-refractivity contribution in [3.8, 4) is 0 Å². The summed E-state index contributed by atoms with van der Waals surface area (Å²) in [4.78, 5) is 39.2. The Labute approximate surface area is 120 Å². The van der Waals surface area contributed by atoms with Gasteiger partial charge in [0.15, 0.2) is 0 Å². The third kappa shape index (κ3) is 3.07. The molecule has 0 aliphatic rings. The average Bonchev–Trinajstić information content (AvgIpc) is 2.51. The van der Waals surface area contributed by atoms with E-state index in [-0.39, 0.29) is 17.8 Å². The van der Waals surface area contributed by atoms with E-state index in [2.05, 4.69) is 9.72 Å². The number of rotatable bonds is 4. The molecule has 0 bridgehead atoms. The van der Waals surface area contributed by atoms with Crippen molar-refractivity contribution in [2.75, 3.05) is 7.11 Å². The Balaban J connectivity index is 2.33. The molecule has 110 valence electrons. The number of ether oxygens (including phenoxy) is 1. The summed E-state index contributed by atoms with van der Waals surface area (Å²) in [5.41, 5.74) is 0.0516. The van der Waals surface area contributed by atoms with Gasteiger partial charge in [-0.3, -0.25) is 14.3 Å². The number of aryl methyl sites for hydroxylation is 1. The molecule has 2 rings (SSSR count). The molecule has 2 aromatic rings. The van der Waals surface area contributed by atoms with E-state index < -0.39 is 5.97 Å². The van der Waals surface area contributed by atoms with Crippen LogP contribution >= 0.6 is 0 Å². The standard InChI is InChI=1S/C14H15N3O4/c1-3-16-7-6-12(18)17(14(16)20)9-11-5-4-10(8-15-11)13(19)21-2/h4-8H,3,9H2,1-2H3. The first kappa shape index (κ1) is 14.7. The molecule has 21 heavy (non-hydrogen) atoms. The van der Waals surface area contributed by atoms with Crippen LogP contribution in [0.5, 0.6) is 0 Å². The fourth-order valence-electron chi connectivity index (χ4n) is 1.86. The molecule has 0 saturated carbocycles. The zero-order chi connectivity index (χ0) is 15.4. The molecule has 0 saturated heterocycles. The predicted molar refractivity (Wildman–Crippen MR) is 75.3 cm³/mol. The molecular weight excluding hydrogens is 274 g/mol. The van der Waals surface area contributed by atoms with Gasteiger partial charge in [-0.05, 0) is 19.1 Å². The van der Waals surface area contributed by atoms with Crippen LogP contribution < -0.4 is 11.2 Å². The van der Waals surface area contributed by atoms with Gasteiger partial charge in [0.1, 0.15) is 0 Å². The van der Waals surface area contributed by atoms with Crippen molar-refractivity contribution >= 4 is 5.97 Å². The normalized spacial score (nSPS) is 10.4. The fourth-order valence-corrected chi connectivity index (χ4v) is 1.86. The molecule has 7 nitrogen and oxygen atoms in total. The van der Waals surface area contributed by atoms with Crippen molar-refractivity contribution in [2.24, 2.45) is 0 Å². The van der Waals surface area contributed by atoms with Crippen LogP contribution in [0.4, 0.5) is 0 Å². The Kier molecular flexibility index (Phi) is 4.32. The number of hydrogen-bond acceptors (Lipinski definition) is 5. The van der Waals surface area contributed by atoms with E-state index in [1.165, 1.54) is 30.1 Å². The zero-order valence-corrected chi connectivity index (χ0v) is 11.8. The van der Waals surface area contributed by atoms with Crippen LogP contribution in [0.2, 0.25) is 0 Å². The average molecular weight is 289 g/mol. The van der Waals surface area contributed by atoms with Gasteiger partial charge in [0.2, 0.25) is 0 Å². The molecule has 0 aliphatic heterocycles. The molecular formula is C14H15N3O4. The Morgan fingerprint density at radius 3 is 2.62 bits per heavy atom. The molecule has 0 aromatic carbocycles. The van der Waals surface area contributed by atoms with Crippen LogP contribution in [-0.4, -0.2) is 27.2 Å². The third-order valence-electron chi connectivity index (χ3n) is 3.05. The second kappa shape index (κ2) is 6.17. The number of carbonyl (C=O) groups is 1. The minimum absolute atomic E-state index is 0.0555. The van der Waals surface area contributed by atoms with Crippen LogP contribution in [0.25, 0.3) is 0 Å². The molecule has 0 fully saturated rings. The van der Waals surface area contributed by atoms with Gasteiger partial charge in [0, 0.05) is 25.0 Å². The lowest BCUT2D eigenvalue weighted by atomic mass is 10.2. The predicted octanol–water partition coefficient (Wildman–Crippen LogP) is 0.260. The molecule has 0 amide bonds. The fraction of sp³-hybridized carbons (Fsp3) is 0.286. The number of esters is 1. The van der Waals surface area contributed by atoms with Crippen LogP contribution in [-0.2, 0) is 17.8 Å². The summed E-state index contributed by atoms with van der Waals surface area (Å²) in [6, 6.07) is 4.47. The van der Waals surface area contributed by atoms with Crippen LogP contribution in [0.1, 0.15) is 23.0 Å². The van der Waals surface area contributed by atoms with Crippen molar-refractivity contribution in [1.82, 2.24) is 14.1 Å². The molecule has 0 spiro atoms. The minimum atomic E-state index is -0.487. The number of nitrogens with zero attached hydrogens (tertiary/aromatic N) is 3. The van der Waals surface area contributed by atoms with Gasteiger partial charge >= 0.3 is 11.7 Å². The van der Waals surface area contributed by atoms with E-state index in [1.807, 2.05) is 6.92 Å². The number of carbonyl (C=O) groups excluding carboxylic acids is 1. The number of pyridine rings is 1. The van der Waals surface area contributed by atoms with Gasteiger partial charge in [-0.1, -0.05) is 0 Å². The SMILES string of the molecule is CCn1ccc(=O)n(Cc2ccc(C(=O)OC)cn2)c1=O. The molecule has 0 atom stereocenters. The Morgan fingerprint density at radius 2 is 2.05 bits per heavy atom. The summed E-state index contributed by atoms with van der Waals surface area (Å²) in [7, 11) is 1.28. The molecule has 0 unspecified atom stereocenters. The van der Waals surface area contributed by atoms with Crippen molar-refractivity contribution in [3.63, 3.8) is 0 Å². The van der Waals surface area contributed by atoms with Crippen molar-refractivity contribution in [2.45, 2.75) is 20.0 Å². The van der Waals surface area contributed by atoms with Gasteiger partial charge in [-0.15, -0.1) is 0 Å². The van der Waals surface area contributed by atoms with Crippen molar-refractivity contribution < 1.29 is 9.53 Å². The largest absolute Gasteiger partial charge is 0.465 e. The summed E-state index contributed by atoms with van der Waals surface area (Å²) >= 11 is 0. The highest BCUT2D eigenvalue weighted by atomic mass is 16.5. The maximum atomic E-state index is 12.1. The highest BCUT2D eigenvalue weighted by molar-refractivity contribution is 5.88. The molecule has 2 heterocycles. The van der Waals surface area contributed by atoms with Crippen molar-refractivity contribution in [3.05, 3.63) is 62.7 Å². The van der Waals surface area contributed by atoms with E-state index in [0.29, 0.717) is 17.8 Å². The number of methoxy groups -OCH3 is 1. The molecule has 0 N–H and O–H groups in total.